The normalized spacial score (nSPS) is 12.0. The average Bonchev–Trinajstić information content (AvgIpc) is 2.91. The zero-order chi connectivity index (χ0) is 18.0. The van der Waals surface area contributed by atoms with Crippen LogP contribution in [-0.4, -0.2) is 34.2 Å². The SMILES string of the molecule is CC(C)Cn1c(-c2nccnc2NNS(C)(=O)=O)nc2ccccc21. The summed E-state index contributed by atoms with van der Waals surface area (Å²) in [6.07, 6.45) is 4.11. The van der Waals surface area contributed by atoms with E-state index in [0.29, 0.717) is 23.3 Å². The van der Waals surface area contributed by atoms with Crippen LogP contribution in [0.25, 0.3) is 22.6 Å². The van der Waals surface area contributed by atoms with Crippen molar-refractivity contribution in [2.45, 2.75) is 20.4 Å². The number of hydrogen-bond donors (Lipinski definition) is 2. The Morgan fingerprint density at radius 3 is 2.60 bits per heavy atom. The first kappa shape index (κ1) is 17.3. The Kier molecular flexibility index (Phi) is 4.69. The second-order valence-corrected chi connectivity index (χ2v) is 7.93. The number of para-hydroxylation sites is 2. The van der Waals surface area contributed by atoms with Crippen LogP contribution < -0.4 is 10.3 Å². The van der Waals surface area contributed by atoms with Gasteiger partial charge in [0.2, 0.25) is 10.0 Å². The summed E-state index contributed by atoms with van der Waals surface area (Å²) in [5.74, 6) is 1.34. The van der Waals surface area contributed by atoms with Crippen molar-refractivity contribution in [1.29, 1.82) is 0 Å². The largest absolute Gasteiger partial charge is 0.322 e. The second-order valence-electron chi connectivity index (χ2n) is 6.18. The lowest BCUT2D eigenvalue weighted by atomic mass is 10.2. The predicted octanol–water partition coefficient (Wildman–Crippen LogP) is 2.03. The Morgan fingerprint density at radius 2 is 1.88 bits per heavy atom. The molecule has 0 saturated heterocycles. The number of hydrazine groups is 1. The molecule has 25 heavy (non-hydrogen) atoms. The summed E-state index contributed by atoms with van der Waals surface area (Å²) in [6.45, 7) is 5.00. The summed E-state index contributed by atoms with van der Waals surface area (Å²) < 4.78 is 24.8. The first-order valence-electron chi connectivity index (χ1n) is 7.84. The average molecular weight is 360 g/mol. The number of rotatable bonds is 6. The van der Waals surface area contributed by atoms with Crippen molar-refractivity contribution >= 4 is 26.9 Å². The van der Waals surface area contributed by atoms with E-state index in [2.05, 4.69) is 43.6 Å². The molecule has 8 nitrogen and oxygen atoms in total. The van der Waals surface area contributed by atoms with Gasteiger partial charge in [-0.3, -0.25) is 5.43 Å². The zero-order valence-electron chi connectivity index (χ0n) is 14.3. The van der Waals surface area contributed by atoms with Gasteiger partial charge < -0.3 is 4.57 Å². The van der Waals surface area contributed by atoms with Gasteiger partial charge in [-0.25, -0.2) is 23.4 Å². The molecule has 3 aromatic rings. The van der Waals surface area contributed by atoms with Gasteiger partial charge in [-0.1, -0.05) is 26.0 Å². The minimum Gasteiger partial charge on any atom is -0.322 e. The van der Waals surface area contributed by atoms with Crippen molar-refractivity contribution in [3.8, 4) is 11.5 Å². The molecule has 0 spiro atoms. The lowest BCUT2D eigenvalue weighted by molar-refractivity contribution is 0.536. The number of fused-ring (bicyclic) bond motifs is 1. The fourth-order valence-corrected chi connectivity index (χ4v) is 2.82. The van der Waals surface area contributed by atoms with Crippen LogP contribution in [0, 0.1) is 5.92 Å². The molecule has 0 aliphatic carbocycles. The maximum atomic E-state index is 11.4. The van der Waals surface area contributed by atoms with Gasteiger partial charge in [-0.05, 0) is 18.1 Å². The Labute approximate surface area is 146 Å². The summed E-state index contributed by atoms with van der Waals surface area (Å²) >= 11 is 0. The summed E-state index contributed by atoms with van der Waals surface area (Å²) in [4.78, 5) is 15.5. The van der Waals surface area contributed by atoms with Gasteiger partial charge in [0.05, 0.1) is 17.3 Å². The summed E-state index contributed by atoms with van der Waals surface area (Å²) in [6, 6.07) is 7.84. The molecule has 3 rings (SSSR count). The van der Waals surface area contributed by atoms with Crippen LogP contribution in [0.2, 0.25) is 0 Å². The summed E-state index contributed by atoms with van der Waals surface area (Å²) in [7, 11) is -3.43. The van der Waals surface area contributed by atoms with Crippen molar-refractivity contribution in [3.05, 3.63) is 36.7 Å². The van der Waals surface area contributed by atoms with E-state index in [1.807, 2.05) is 24.3 Å². The number of nitrogens with zero attached hydrogens (tertiary/aromatic N) is 4. The number of aromatic nitrogens is 4. The van der Waals surface area contributed by atoms with Gasteiger partial charge in [-0.2, -0.15) is 0 Å². The minimum absolute atomic E-state index is 0.299. The van der Waals surface area contributed by atoms with Crippen molar-refractivity contribution in [2.24, 2.45) is 5.92 Å². The molecule has 0 unspecified atom stereocenters. The summed E-state index contributed by atoms with van der Waals surface area (Å²) in [5, 5.41) is 0. The third-order valence-electron chi connectivity index (χ3n) is 3.47. The van der Waals surface area contributed by atoms with Crippen molar-refractivity contribution in [1.82, 2.24) is 24.4 Å². The van der Waals surface area contributed by atoms with Gasteiger partial charge in [-0.15, -0.1) is 4.83 Å². The van der Waals surface area contributed by atoms with Crippen LogP contribution in [0.15, 0.2) is 36.7 Å². The molecular formula is C16H20N6O2S. The van der Waals surface area contributed by atoms with Gasteiger partial charge in [0.15, 0.2) is 11.6 Å². The highest BCUT2D eigenvalue weighted by atomic mass is 32.2. The van der Waals surface area contributed by atoms with E-state index >= 15 is 0 Å². The molecule has 0 fully saturated rings. The molecule has 0 atom stereocenters. The standard InChI is InChI=1S/C16H20N6O2S/c1-11(2)10-22-13-7-5-4-6-12(13)19-16(22)14-15(18-9-8-17-14)20-21-25(3,23)24/h4-9,11,21H,10H2,1-3H3,(H,18,20). The molecule has 1 aromatic carbocycles. The highest BCUT2D eigenvalue weighted by Crippen LogP contribution is 2.28. The van der Waals surface area contributed by atoms with Crippen LogP contribution in [-0.2, 0) is 16.6 Å². The van der Waals surface area contributed by atoms with Crippen molar-refractivity contribution < 1.29 is 8.42 Å². The molecule has 0 aliphatic heterocycles. The first-order chi connectivity index (χ1) is 11.8. The molecule has 0 bridgehead atoms. The molecule has 2 heterocycles. The monoisotopic (exact) mass is 360 g/mol. The highest BCUT2D eigenvalue weighted by Gasteiger charge is 2.18. The number of sulfonamides is 1. The maximum absolute atomic E-state index is 11.4. The van der Waals surface area contributed by atoms with E-state index in [1.165, 1.54) is 6.20 Å². The molecule has 0 saturated carbocycles. The fraction of sp³-hybridized carbons (Fsp3) is 0.312. The van der Waals surface area contributed by atoms with Gasteiger partial charge >= 0.3 is 0 Å². The number of hydrogen-bond acceptors (Lipinski definition) is 6. The van der Waals surface area contributed by atoms with E-state index < -0.39 is 10.0 Å². The van der Waals surface area contributed by atoms with Crippen LogP contribution >= 0.6 is 0 Å². The Balaban J connectivity index is 2.13. The predicted molar refractivity (Wildman–Crippen MR) is 97.2 cm³/mol. The molecule has 2 aromatic heterocycles. The third-order valence-corrected chi connectivity index (χ3v) is 3.94. The van der Waals surface area contributed by atoms with Gasteiger partial charge in [0.25, 0.3) is 0 Å². The number of benzene rings is 1. The van der Waals surface area contributed by atoms with Gasteiger partial charge in [0.1, 0.15) is 5.69 Å². The van der Waals surface area contributed by atoms with Crippen molar-refractivity contribution in [2.75, 3.05) is 11.7 Å². The molecule has 0 amide bonds. The van der Waals surface area contributed by atoms with E-state index in [9.17, 15) is 8.42 Å². The maximum Gasteiger partial charge on any atom is 0.225 e. The Bertz CT molecular complexity index is 997. The number of anilines is 1. The molecule has 0 radical (unpaired) electrons. The van der Waals surface area contributed by atoms with Crippen LogP contribution in [0.4, 0.5) is 5.82 Å². The highest BCUT2D eigenvalue weighted by molar-refractivity contribution is 7.88. The fourth-order valence-electron chi connectivity index (χ4n) is 2.54. The van der Waals surface area contributed by atoms with E-state index in [0.717, 1.165) is 23.8 Å². The second kappa shape index (κ2) is 6.77. The minimum atomic E-state index is -3.43. The van der Waals surface area contributed by atoms with Gasteiger partial charge in [0, 0.05) is 18.9 Å². The third kappa shape index (κ3) is 3.94. The zero-order valence-corrected chi connectivity index (χ0v) is 15.1. The molecule has 2 N–H and O–H groups in total. The van der Waals surface area contributed by atoms with E-state index in [4.69, 9.17) is 0 Å². The summed E-state index contributed by atoms with van der Waals surface area (Å²) in [5.41, 5.74) is 4.95. The van der Waals surface area contributed by atoms with E-state index in [-0.39, 0.29) is 0 Å². The lowest BCUT2D eigenvalue weighted by Crippen LogP contribution is -2.29. The smallest absolute Gasteiger partial charge is 0.225 e. The molecule has 9 heteroatoms. The van der Waals surface area contributed by atoms with Crippen molar-refractivity contribution in [3.63, 3.8) is 0 Å². The quantitative estimate of drug-likeness (QED) is 0.652. The van der Waals surface area contributed by atoms with Crippen LogP contribution in [0.5, 0.6) is 0 Å². The molecular weight excluding hydrogens is 340 g/mol. The number of nitrogens with one attached hydrogen (secondary N) is 2. The van der Waals surface area contributed by atoms with Crippen LogP contribution in [0.3, 0.4) is 0 Å². The van der Waals surface area contributed by atoms with E-state index in [1.54, 1.807) is 6.20 Å². The Hall–Kier alpha value is -2.52. The molecule has 132 valence electrons. The number of imidazole rings is 1. The topological polar surface area (TPSA) is 102 Å². The first-order valence-corrected chi connectivity index (χ1v) is 9.74. The van der Waals surface area contributed by atoms with Crippen LogP contribution in [0.1, 0.15) is 13.8 Å². The lowest BCUT2D eigenvalue weighted by Gasteiger charge is -2.13. The Morgan fingerprint density at radius 1 is 1.16 bits per heavy atom. The molecule has 0 aliphatic rings.